The van der Waals surface area contributed by atoms with E-state index in [-0.39, 0.29) is 6.09 Å². The zero-order chi connectivity index (χ0) is 18.8. The van der Waals surface area contributed by atoms with Crippen LogP contribution in [0.3, 0.4) is 0 Å². The molecule has 1 fully saturated rings. The van der Waals surface area contributed by atoms with Crippen molar-refractivity contribution in [3.8, 4) is 0 Å². The number of nitrogens with zero attached hydrogens (tertiary/aromatic N) is 2. The Kier molecular flexibility index (Phi) is 5.35. The molecule has 1 aromatic heterocycles. The molecule has 0 saturated carbocycles. The van der Waals surface area contributed by atoms with E-state index < -0.39 is 0 Å². The molecule has 0 radical (unpaired) electrons. The van der Waals surface area contributed by atoms with Gasteiger partial charge in [-0.25, -0.2) is 4.79 Å². The highest BCUT2D eigenvalue weighted by Gasteiger charge is 2.33. The maximum absolute atomic E-state index is 12.0. The number of hydrogen-bond acceptors (Lipinski definition) is 3. The average molecular weight is 385 g/mol. The Labute approximate surface area is 165 Å². The van der Waals surface area contributed by atoms with Gasteiger partial charge in [-0.3, -0.25) is 4.98 Å². The van der Waals surface area contributed by atoms with Crippen molar-refractivity contribution in [2.75, 3.05) is 19.7 Å². The first-order valence-corrected chi connectivity index (χ1v) is 10.2. The second-order valence-corrected chi connectivity index (χ2v) is 7.79. The maximum atomic E-state index is 12.0. The van der Waals surface area contributed by atoms with Gasteiger partial charge < -0.3 is 9.64 Å². The van der Waals surface area contributed by atoms with Crippen molar-refractivity contribution in [3.05, 3.63) is 58.4 Å². The average Bonchev–Trinajstić information content (AvgIpc) is 2.85. The zero-order valence-electron chi connectivity index (χ0n) is 15.7. The number of ether oxygens (including phenoxy) is 1. The SMILES string of the molecule is CCOC(=O)N1CCC(=C2c3ncccc3CCC3C=C(Cl)C=CC23)CC1. The summed E-state index contributed by atoms with van der Waals surface area (Å²) >= 11 is 6.30. The van der Waals surface area contributed by atoms with Gasteiger partial charge in [-0.2, -0.15) is 0 Å². The van der Waals surface area contributed by atoms with E-state index in [1.54, 1.807) is 0 Å². The quantitative estimate of drug-likeness (QED) is 0.687. The topological polar surface area (TPSA) is 42.4 Å². The smallest absolute Gasteiger partial charge is 0.409 e. The standard InChI is InChI=1S/C22H25ClN2O2/c1-2-27-22(26)25-12-9-15(10-13-25)20-19-8-7-18(23)14-17(19)6-5-16-4-3-11-24-21(16)20/h3-4,7-8,11,14,17,19H,2,5-6,9-10,12-13H2,1H3. The zero-order valence-corrected chi connectivity index (χ0v) is 16.4. The van der Waals surface area contributed by atoms with Gasteiger partial charge in [-0.05, 0) is 61.8 Å². The number of carbonyl (C=O) groups excluding carboxylic acids is 1. The molecule has 1 aliphatic heterocycles. The molecule has 4 rings (SSSR count). The molecule has 1 aromatic rings. The van der Waals surface area contributed by atoms with Crippen LogP contribution >= 0.6 is 11.6 Å². The lowest BCUT2D eigenvalue weighted by molar-refractivity contribution is 0.104. The van der Waals surface area contributed by atoms with Crippen LogP contribution in [0.1, 0.15) is 37.4 Å². The van der Waals surface area contributed by atoms with E-state index in [0.29, 0.717) is 31.5 Å². The van der Waals surface area contributed by atoms with Gasteiger partial charge in [0.1, 0.15) is 0 Å². The summed E-state index contributed by atoms with van der Waals surface area (Å²) in [5, 5.41) is 0.830. The summed E-state index contributed by atoms with van der Waals surface area (Å²) in [5.41, 5.74) is 5.23. The molecule has 5 heteroatoms. The van der Waals surface area contributed by atoms with Crippen LogP contribution in [0, 0.1) is 11.8 Å². The molecule has 1 saturated heterocycles. The Balaban J connectivity index is 1.69. The van der Waals surface area contributed by atoms with Crippen molar-refractivity contribution in [2.45, 2.75) is 32.6 Å². The summed E-state index contributed by atoms with van der Waals surface area (Å²) in [7, 11) is 0. The summed E-state index contributed by atoms with van der Waals surface area (Å²) in [6, 6.07) is 4.22. The maximum Gasteiger partial charge on any atom is 0.409 e. The van der Waals surface area contributed by atoms with Crippen LogP contribution in [0.4, 0.5) is 4.79 Å². The number of pyridine rings is 1. The molecule has 1 amide bonds. The summed E-state index contributed by atoms with van der Waals surface area (Å²) in [5.74, 6) is 0.718. The largest absolute Gasteiger partial charge is 0.450 e. The van der Waals surface area contributed by atoms with E-state index in [9.17, 15) is 4.79 Å². The number of carbonyl (C=O) groups is 1. The summed E-state index contributed by atoms with van der Waals surface area (Å²) in [6.07, 6.45) is 12.0. The highest BCUT2D eigenvalue weighted by molar-refractivity contribution is 6.31. The second kappa shape index (κ2) is 7.89. The Morgan fingerprint density at radius 2 is 2.15 bits per heavy atom. The molecule has 4 nitrogen and oxygen atoms in total. The van der Waals surface area contributed by atoms with Gasteiger partial charge in [0.25, 0.3) is 0 Å². The fourth-order valence-electron chi connectivity index (χ4n) is 4.48. The Bertz CT molecular complexity index is 817. The number of aromatic nitrogens is 1. The summed E-state index contributed by atoms with van der Waals surface area (Å²) < 4.78 is 5.16. The monoisotopic (exact) mass is 384 g/mol. The molecule has 3 aliphatic rings. The van der Waals surface area contributed by atoms with Crippen LogP contribution in [0.5, 0.6) is 0 Å². The number of amides is 1. The van der Waals surface area contributed by atoms with E-state index in [2.05, 4.69) is 18.2 Å². The molecule has 2 unspecified atom stereocenters. The van der Waals surface area contributed by atoms with Crippen LogP contribution in [0.2, 0.25) is 0 Å². The van der Waals surface area contributed by atoms with Gasteiger partial charge in [0.15, 0.2) is 0 Å². The number of allylic oxidation sites excluding steroid dienone is 5. The Hall–Kier alpha value is -2.07. The van der Waals surface area contributed by atoms with E-state index in [0.717, 1.165) is 36.4 Å². The second-order valence-electron chi connectivity index (χ2n) is 7.35. The summed E-state index contributed by atoms with van der Waals surface area (Å²) in [6.45, 7) is 3.68. The lowest BCUT2D eigenvalue weighted by Gasteiger charge is -2.32. The lowest BCUT2D eigenvalue weighted by Crippen LogP contribution is -2.37. The van der Waals surface area contributed by atoms with Crippen molar-refractivity contribution < 1.29 is 9.53 Å². The first-order valence-electron chi connectivity index (χ1n) is 9.80. The molecular weight excluding hydrogens is 360 g/mol. The highest BCUT2D eigenvalue weighted by atomic mass is 35.5. The van der Waals surface area contributed by atoms with Crippen LogP contribution in [-0.2, 0) is 11.2 Å². The van der Waals surface area contributed by atoms with Crippen molar-refractivity contribution in [1.82, 2.24) is 9.88 Å². The van der Waals surface area contributed by atoms with E-state index in [1.165, 1.54) is 16.7 Å². The van der Waals surface area contributed by atoms with Crippen LogP contribution in [-0.4, -0.2) is 35.7 Å². The lowest BCUT2D eigenvalue weighted by atomic mass is 9.78. The normalized spacial score (nSPS) is 24.7. The van der Waals surface area contributed by atoms with Gasteiger partial charge in [0.05, 0.1) is 12.3 Å². The molecule has 27 heavy (non-hydrogen) atoms. The first-order chi connectivity index (χ1) is 13.2. The highest BCUT2D eigenvalue weighted by Crippen LogP contribution is 2.44. The van der Waals surface area contributed by atoms with Gasteiger partial charge >= 0.3 is 6.09 Å². The van der Waals surface area contributed by atoms with Crippen molar-refractivity contribution >= 4 is 23.3 Å². The van der Waals surface area contributed by atoms with Crippen molar-refractivity contribution in [1.29, 1.82) is 0 Å². The number of aryl methyl sites for hydroxylation is 1. The molecule has 0 bridgehead atoms. The summed E-state index contributed by atoms with van der Waals surface area (Å²) in [4.78, 5) is 18.6. The van der Waals surface area contributed by atoms with E-state index >= 15 is 0 Å². The molecule has 2 atom stereocenters. The van der Waals surface area contributed by atoms with Crippen molar-refractivity contribution in [2.24, 2.45) is 11.8 Å². The van der Waals surface area contributed by atoms with Crippen LogP contribution < -0.4 is 0 Å². The molecule has 142 valence electrons. The third kappa shape index (κ3) is 3.68. The number of halogens is 1. The number of hydrogen-bond donors (Lipinski definition) is 0. The van der Waals surface area contributed by atoms with E-state index in [1.807, 2.05) is 30.2 Å². The predicted octanol–water partition coefficient (Wildman–Crippen LogP) is 4.96. The number of rotatable bonds is 1. The third-order valence-corrected chi connectivity index (χ3v) is 6.05. The van der Waals surface area contributed by atoms with Crippen LogP contribution in [0.15, 0.2) is 47.2 Å². The Morgan fingerprint density at radius 3 is 2.93 bits per heavy atom. The third-order valence-electron chi connectivity index (χ3n) is 5.80. The van der Waals surface area contributed by atoms with Crippen molar-refractivity contribution in [3.63, 3.8) is 0 Å². The molecule has 2 heterocycles. The molecular formula is C22H25ClN2O2. The molecule has 2 aliphatic carbocycles. The number of likely N-dealkylation sites (tertiary alicyclic amines) is 1. The Morgan fingerprint density at radius 1 is 1.33 bits per heavy atom. The minimum absolute atomic E-state index is 0.203. The predicted molar refractivity (Wildman–Crippen MR) is 107 cm³/mol. The minimum Gasteiger partial charge on any atom is -0.450 e. The minimum atomic E-state index is -0.203. The molecule has 0 N–H and O–H groups in total. The fraction of sp³-hybridized carbons (Fsp3) is 0.455. The van der Waals surface area contributed by atoms with E-state index in [4.69, 9.17) is 21.3 Å². The number of fused-ring (bicyclic) bond motifs is 2. The van der Waals surface area contributed by atoms with Gasteiger partial charge in [-0.1, -0.05) is 35.4 Å². The number of piperidine rings is 1. The first kappa shape index (κ1) is 18.3. The van der Waals surface area contributed by atoms with Gasteiger partial charge in [0, 0.05) is 30.2 Å². The molecule has 0 spiro atoms. The van der Waals surface area contributed by atoms with Gasteiger partial charge in [0.2, 0.25) is 0 Å². The van der Waals surface area contributed by atoms with Crippen LogP contribution in [0.25, 0.3) is 5.57 Å². The molecule has 0 aromatic carbocycles. The fourth-order valence-corrected chi connectivity index (χ4v) is 4.72. The van der Waals surface area contributed by atoms with Gasteiger partial charge in [-0.15, -0.1) is 0 Å².